The first-order chi connectivity index (χ1) is 17.7. The number of pyridine rings is 1. The van der Waals surface area contributed by atoms with Gasteiger partial charge in [0, 0.05) is 25.4 Å². The van der Waals surface area contributed by atoms with E-state index in [1.165, 1.54) is 39.0 Å². The summed E-state index contributed by atoms with van der Waals surface area (Å²) in [5, 5.41) is 11.0. The van der Waals surface area contributed by atoms with E-state index in [0.717, 1.165) is 0 Å². The molecule has 4 rings (SSSR count). The molecule has 0 spiro atoms. The summed E-state index contributed by atoms with van der Waals surface area (Å²) >= 11 is 0. The van der Waals surface area contributed by atoms with Crippen molar-refractivity contribution < 1.29 is 27.2 Å². The molecule has 0 saturated heterocycles. The lowest BCUT2D eigenvalue weighted by Gasteiger charge is -2.22. The molecule has 0 fully saturated rings. The van der Waals surface area contributed by atoms with Crippen LogP contribution in [0.3, 0.4) is 0 Å². The number of nitrogens with zero attached hydrogens (tertiary/aromatic N) is 7. The van der Waals surface area contributed by atoms with Crippen molar-refractivity contribution in [2.24, 2.45) is 0 Å². The number of hydrogen-bond acceptors (Lipinski definition) is 12. The third kappa shape index (κ3) is 5.67. The van der Waals surface area contributed by atoms with E-state index < -0.39 is 21.4 Å². The number of aryl methyl sites for hydroxylation is 1. The number of ether oxygens (including phenoxy) is 3. The van der Waals surface area contributed by atoms with Crippen LogP contribution in [0.2, 0.25) is 0 Å². The number of hydrogen-bond donors (Lipinski definition) is 1. The zero-order valence-electron chi connectivity index (χ0n) is 20.8. The number of anilines is 1. The van der Waals surface area contributed by atoms with Crippen LogP contribution in [0, 0.1) is 6.92 Å². The summed E-state index contributed by atoms with van der Waals surface area (Å²) < 4.78 is 52.0. The molecule has 0 aliphatic carbocycles. The van der Waals surface area contributed by atoms with Crippen LogP contribution in [-0.4, -0.2) is 69.9 Å². The van der Waals surface area contributed by atoms with E-state index in [1.54, 1.807) is 37.4 Å². The Morgan fingerprint density at radius 2 is 1.86 bits per heavy atom. The van der Waals surface area contributed by atoms with Gasteiger partial charge in [0.05, 0.1) is 38.3 Å². The molecular formula is C22H26N8O6S. The van der Waals surface area contributed by atoms with Gasteiger partial charge >= 0.3 is 0 Å². The van der Waals surface area contributed by atoms with Gasteiger partial charge in [0.2, 0.25) is 21.9 Å². The summed E-state index contributed by atoms with van der Waals surface area (Å²) in [6.45, 7) is 3.32. The minimum absolute atomic E-state index is 0.0287. The molecule has 0 aliphatic heterocycles. The molecule has 14 nitrogen and oxygen atoms in total. The second kappa shape index (κ2) is 10.9. The van der Waals surface area contributed by atoms with E-state index in [4.69, 9.17) is 18.7 Å². The molecule has 15 heteroatoms. The first-order valence-corrected chi connectivity index (χ1v) is 12.6. The second-order valence-corrected chi connectivity index (χ2v) is 9.96. The predicted molar refractivity (Wildman–Crippen MR) is 130 cm³/mol. The van der Waals surface area contributed by atoms with Crippen LogP contribution in [0.25, 0.3) is 11.5 Å². The van der Waals surface area contributed by atoms with Gasteiger partial charge < -0.3 is 18.7 Å². The molecule has 1 N–H and O–H groups in total. The van der Waals surface area contributed by atoms with Crippen LogP contribution in [0.4, 0.5) is 5.95 Å². The lowest BCUT2D eigenvalue weighted by Crippen LogP contribution is -2.33. The van der Waals surface area contributed by atoms with Crippen LogP contribution in [0.1, 0.15) is 30.2 Å². The standard InChI is InChI=1S/C22H26N8O6S/c1-13-10-24-17(11-23-13)20(35-5)14(2)37(31,32)29-22-27-26-21(16-7-6-8-18(25-16)33-3)30(22)12-15-9-19(34-4)28-36-15/h6-11,14,20H,12H2,1-5H3,(H,27,29). The maximum Gasteiger partial charge on any atom is 0.254 e. The maximum atomic E-state index is 13.4. The zero-order valence-corrected chi connectivity index (χ0v) is 21.6. The van der Waals surface area contributed by atoms with Gasteiger partial charge in [0.25, 0.3) is 5.88 Å². The SMILES string of the molecule is COc1cc(Cn2c(NS(=O)(=O)C(C)C(OC)c3cnc(C)cn3)nnc2-c2cccc(OC)n2)on1. The van der Waals surface area contributed by atoms with Gasteiger partial charge in [-0.1, -0.05) is 6.07 Å². The molecule has 0 bridgehead atoms. The van der Waals surface area contributed by atoms with Crippen LogP contribution in [-0.2, 0) is 21.3 Å². The summed E-state index contributed by atoms with van der Waals surface area (Å²) in [5.74, 6) is 1.20. The molecule has 4 aromatic heterocycles. The summed E-state index contributed by atoms with van der Waals surface area (Å²) in [4.78, 5) is 12.8. The number of nitrogens with one attached hydrogen (secondary N) is 1. The van der Waals surface area contributed by atoms with Gasteiger partial charge in [-0.05, 0) is 25.1 Å². The fourth-order valence-electron chi connectivity index (χ4n) is 3.48. The largest absolute Gasteiger partial charge is 0.481 e. The van der Waals surface area contributed by atoms with Crippen molar-refractivity contribution in [3.05, 3.63) is 53.8 Å². The number of methoxy groups -OCH3 is 3. The average molecular weight is 531 g/mol. The molecule has 0 aliphatic rings. The molecule has 4 heterocycles. The molecule has 0 saturated carbocycles. The maximum absolute atomic E-state index is 13.4. The van der Waals surface area contributed by atoms with E-state index >= 15 is 0 Å². The lowest BCUT2D eigenvalue weighted by atomic mass is 10.2. The third-order valence-corrected chi connectivity index (χ3v) is 7.16. The summed E-state index contributed by atoms with van der Waals surface area (Å²) in [5.41, 5.74) is 1.48. The highest BCUT2D eigenvalue weighted by molar-refractivity contribution is 7.93. The highest BCUT2D eigenvalue weighted by Gasteiger charge is 2.34. The van der Waals surface area contributed by atoms with Crippen molar-refractivity contribution in [1.82, 2.24) is 34.9 Å². The Kier molecular flexibility index (Phi) is 7.63. The second-order valence-electron chi connectivity index (χ2n) is 7.93. The monoisotopic (exact) mass is 530 g/mol. The Bertz CT molecular complexity index is 1450. The molecule has 2 atom stereocenters. The van der Waals surface area contributed by atoms with Crippen molar-refractivity contribution >= 4 is 16.0 Å². The first-order valence-electron chi connectivity index (χ1n) is 11.0. The van der Waals surface area contributed by atoms with E-state index in [0.29, 0.717) is 28.7 Å². The van der Waals surface area contributed by atoms with Crippen LogP contribution < -0.4 is 14.2 Å². The summed E-state index contributed by atoms with van der Waals surface area (Å²) in [6.07, 6.45) is 2.14. The quantitative estimate of drug-likeness (QED) is 0.300. The molecule has 0 aromatic carbocycles. The Labute approximate surface area is 213 Å². The minimum atomic E-state index is -4.06. The fraction of sp³-hybridized carbons (Fsp3) is 0.364. The van der Waals surface area contributed by atoms with Gasteiger partial charge in [0.15, 0.2) is 11.6 Å². The predicted octanol–water partition coefficient (Wildman–Crippen LogP) is 2.01. The number of aromatic nitrogens is 7. The molecule has 0 radical (unpaired) electrons. The Balaban J connectivity index is 1.70. The van der Waals surface area contributed by atoms with E-state index in [9.17, 15) is 8.42 Å². The highest BCUT2D eigenvalue weighted by atomic mass is 32.2. The Morgan fingerprint density at radius 1 is 1.08 bits per heavy atom. The molecule has 4 aromatic rings. The smallest absolute Gasteiger partial charge is 0.254 e. The van der Waals surface area contributed by atoms with Crippen molar-refractivity contribution in [1.29, 1.82) is 0 Å². The van der Waals surface area contributed by atoms with Gasteiger partial charge in [0.1, 0.15) is 17.0 Å². The zero-order chi connectivity index (χ0) is 26.6. The van der Waals surface area contributed by atoms with Crippen molar-refractivity contribution in [3.63, 3.8) is 0 Å². The molecule has 37 heavy (non-hydrogen) atoms. The van der Waals surface area contributed by atoms with Crippen LogP contribution in [0.5, 0.6) is 11.8 Å². The van der Waals surface area contributed by atoms with Gasteiger partial charge in [-0.3, -0.25) is 19.3 Å². The van der Waals surface area contributed by atoms with Gasteiger partial charge in [-0.15, -0.1) is 10.2 Å². The van der Waals surface area contributed by atoms with E-state index in [1.807, 2.05) is 0 Å². The molecule has 0 amide bonds. The van der Waals surface area contributed by atoms with Gasteiger partial charge in [-0.2, -0.15) is 0 Å². The van der Waals surface area contributed by atoms with E-state index in [2.05, 4.69) is 35.0 Å². The topological polar surface area (TPSA) is 169 Å². The summed E-state index contributed by atoms with van der Waals surface area (Å²) in [7, 11) is 0.292. The number of rotatable bonds is 11. The minimum Gasteiger partial charge on any atom is -0.481 e. The van der Waals surface area contributed by atoms with Crippen molar-refractivity contribution in [2.75, 3.05) is 26.1 Å². The normalized spacial score (nSPS) is 13.2. The molecular weight excluding hydrogens is 504 g/mol. The van der Waals surface area contributed by atoms with Crippen LogP contribution >= 0.6 is 0 Å². The van der Waals surface area contributed by atoms with Gasteiger partial charge in [-0.25, -0.2) is 13.4 Å². The summed E-state index contributed by atoms with van der Waals surface area (Å²) in [6, 6.07) is 6.67. The lowest BCUT2D eigenvalue weighted by molar-refractivity contribution is 0.0985. The molecule has 2 unspecified atom stereocenters. The highest BCUT2D eigenvalue weighted by Crippen LogP contribution is 2.27. The average Bonchev–Trinajstić information content (AvgIpc) is 3.52. The Morgan fingerprint density at radius 3 is 2.51 bits per heavy atom. The van der Waals surface area contributed by atoms with Crippen LogP contribution in [0.15, 0.2) is 41.2 Å². The third-order valence-electron chi connectivity index (χ3n) is 5.47. The van der Waals surface area contributed by atoms with Crippen molar-refractivity contribution in [2.45, 2.75) is 31.7 Å². The molecule has 196 valence electrons. The van der Waals surface area contributed by atoms with E-state index in [-0.39, 0.29) is 24.2 Å². The number of sulfonamides is 1. The Hall–Kier alpha value is -4.11. The fourth-order valence-corrected chi connectivity index (χ4v) is 4.64. The first kappa shape index (κ1) is 26.0. The van der Waals surface area contributed by atoms with Crippen molar-refractivity contribution in [3.8, 4) is 23.3 Å².